The lowest BCUT2D eigenvalue weighted by molar-refractivity contribution is -0.126. The third-order valence-electron chi connectivity index (χ3n) is 6.19. The van der Waals surface area contributed by atoms with Crippen LogP contribution in [-0.4, -0.2) is 44.8 Å². The maximum absolute atomic E-state index is 13.3. The van der Waals surface area contributed by atoms with E-state index in [4.69, 9.17) is 0 Å². The molecule has 4 rings (SSSR count). The molecule has 2 amide bonds. The molecular weight excluding hydrogens is 445 g/mol. The number of nitrogens with one attached hydrogen (secondary N) is 2. The van der Waals surface area contributed by atoms with Gasteiger partial charge in [-0.1, -0.05) is 6.07 Å². The number of rotatable bonds is 7. The second-order valence-electron chi connectivity index (χ2n) is 8.87. The lowest BCUT2D eigenvalue weighted by Gasteiger charge is -2.32. The second kappa shape index (κ2) is 9.51. The average molecular weight is 474 g/mol. The van der Waals surface area contributed by atoms with Gasteiger partial charge in [0.05, 0.1) is 10.8 Å². The number of carbonyl (C=O) groups is 2. The predicted molar refractivity (Wildman–Crippen MR) is 123 cm³/mol. The first kappa shape index (κ1) is 23.2. The number of halogens is 1. The Morgan fingerprint density at radius 1 is 1.09 bits per heavy atom. The Labute approximate surface area is 193 Å². The summed E-state index contributed by atoms with van der Waals surface area (Å²) in [5.41, 5.74) is 1.16. The number of carbonyl (C=O) groups excluding carboxylic acids is 2. The van der Waals surface area contributed by atoms with Crippen molar-refractivity contribution in [2.75, 3.05) is 24.4 Å². The van der Waals surface area contributed by atoms with Crippen LogP contribution in [0.5, 0.6) is 0 Å². The van der Waals surface area contributed by atoms with Gasteiger partial charge in [-0.3, -0.25) is 14.3 Å². The summed E-state index contributed by atoms with van der Waals surface area (Å²) >= 11 is 0. The third kappa shape index (κ3) is 5.71. The van der Waals surface area contributed by atoms with Gasteiger partial charge >= 0.3 is 0 Å². The molecule has 1 saturated heterocycles. The molecule has 1 atom stereocenters. The molecule has 1 aliphatic heterocycles. The van der Waals surface area contributed by atoms with Crippen molar-refractivity contribution in [3.8, 4) is 0 Å². The van der Waals surface area contributed by atoms with Crippen molar-refractivity contribution < 1.29 is 22.4 Å². The number of aryl methyl sites for hydroxylation is 1. The minimum absolute atomic E-state index is 0.0176. The molecule has 0 spiro atoms. The Balaban J connectivity index is 1.48. The molecule has 2 aromatic rings. The van der Waals surface area contributed by atoms with Crippen molar-refractivity contribution in [1.29, 1.82) is 0 Å². The van der Waals surface area contributed by atoms with Crippen molar-refractivity contribution in [3.63, 3.8) is 0 Å². The number of anilines is 1. The summed E-state index contributed by atoms with van der Waals surface area (Å²) in [5, 5.41) is 2.99. The van der Waals surface area contributed by atoms with Gasteiger partial charge in [-0.25, -0.2) is 12.8 Å². The van der Waals surface area contributed by atoms with Crippen molar-refractivity contribution >= 4 is 27.5 Å². The largest absolute Gasteiger partial charge is 0.356 e. The molecule has 2 aliphatic rings. The number of sulfonamides is 1. The Morgan fingerprint density at radius 2 is 1.82 bits per heavy atom. The van der Waals surface area contributed by atoms with Gasteiger partial charge in [-0.2, -0.15) is 0 Å². The number of amides is 2. The first-order valence-electron chi connectivity index (χ1n) is 11.2. The predicted octanol–water partition coefficient (Wildman–Crippen LogP) is 3.31. The zero-order valence-corrected chi connectivity index (χ0v) is 19.3. The summed E-state index contributed by atoms with van der Waals surface area (Å²) in [7, 11) is -3.97. The minimum Gasteiger partial charge on any atom is -0.356 e. The Hall–Kier alpha value is -2.94. The summed E-state index contributed by atoms with van der Waals surface area (Å²) in [6.07, 6.45) is 3.76. The van der Waals surface area contributed by atoms with E-state index < -0.39 is 15.8 Å². The molecule has 33 heavy (non-hydrogen) atoms. The maximum Gasteiger partial charge on any atom is 0.261 e. The van der Waals surface area contributed by atoms with E-state index in [1.54, 1.807) is 17.9 Å². The van der Waals surface area contributed by atoms with E-state index in [0.29, 0.717) is 31.1 Å². The highest BCUT2D eigenvalue weighted by Gasteiger charge is 2.31. The van der Waals surface area contributed by atoms with Gasteiger partial charge in [0.15, 0.2) is 0 Å². The Morgan fingerprint density at radius 3 is 2.52 bits per heavy atom. The van der Waals surface area contributed by atoms with Gasteiger partial charge in [-0.15, -0.1) is 0 Å². The van der Waals surface area contributed by atoms with Crippen LogP contribution in [0, 0.1) is 24.6 Å². The Bertz CT molecular complexity index is 1150. The molecule has 0 bridgehead atoms. The SMILES string of the molecule is Cc1ccc(S(=O)(=O)Nc2ccc(F)cc2)cc1C(=O)N1CCCC(C(=O)NCC2CC2)C1. The van der Waals surface area contributed by atoms with E-state index in [0.717, 1.165) is 37.8 Å². The molecule has 0 aromatic heterocycles. The van der Waals surface area contributed by atoms with E-state index >= 15 is 0 Å². The normalized spacial score (nSPS) is 18.6. The van der Waals surface area contributed by atoms with Gasteiger partial charge in [-0.05, 0) is 80.5 Å². The van der Waals surface area contributed by atoms with Crippen LogP contribution < -0.4 is 10.0 Å². The van der Waals surface area contributed by atoms with E-state index in [2.05, 4.69) is 10.0 Å². The molecule has 9 heteroatoms. The Kier molecular flexibility index (Phi) is 6.69. The lowest BCUT2D eigenvalue weighted by atomic mass is 9.96. The standard InChI is InChI=1S/C24H28FN3O4S/c1-16-4-11-21(33(31,32)27-20-9-7-19(25)8-10-20)13-22(16)24(30)28-12-2-3-18(15-28)23(29)26-14-17-5-6-17/h4,7-11,13,17-18,27H,2-3,5-6,12,14-15H2,1H3,(H,26,29). The van der Waals surface area contributed by atoms with Crippen molar-refractivity contribution in [2.24, 2.45) is 11.8 Å². The van der Waals surface area contributed by atoms with Crippen LogP contribution in [0.2, 0.25) is 0 Å². The summed E-state index contributed by atoms with van der Waals surface area (Å²) < 4.78 is 41.2. The van der Waals surface area contributed by atoms with Gasteiger partial charge in [0.25, 0.3) is 15.9 Å². The number of hydrogen-bond acceptors (Lipinski definition) is 4. The fourth-order valence-electron chi connectivity index (χ4n) is 3.99. The molecule has 1 saturated carbocycles. The first-order valence-corrected chi connectivity index (χ1v) is 12.7. The minimum atomic E-state index is -3.97. The van der Waals surface area contributed by atoms with Crippen LogP contribution >= 0.6 is 0 Å². The number of likely N-dealkylation sites (tertiary alicyclic amines) is 1. The highest BCUT2D eigenvalue weighted by atomic mass is 32.2. The lowest BCUT2D eigenvalue weighted by Crippen LogP contribution is -2.46. The molecule has 2 aromatic carbocycles. The first-order chi connectivity index (χ1) is 15.7. The summed E-state index contributed by atoms with van der Waals surface area (Å²) in [6, 6.07) is 9.37. The zero-order valence-electron chi connectivity index (χ0n) is 18.5. The monoisotopic (exact) mass is 473 g/mol. The van der Waals surface area contributed by atoms with Crippen molar-refractivity contribution in [3.05, 3.63) is 59.4 Å². The number of piperidine rings is 1. The molecular formula is C24H28FN3O4S. The van der Waals surface area contributed by atoms with E-state index in [1.807, 2.05) is 0 Å². The molecule has 2 fully saturated rings. The molecule has 7 nitrogen and oxygen atoms in total. The average Bonchev–Trinajstić information content (AvgIpc) is 3.63. The van der Waals surface area contributed by atoms with Crippen LogP contribution in [-0.2, 0) is 14.8 Å². The van der Waals surface area contributed by atoms with Crippen LogP contribution in [0.4, 0.5) is 10.1 Å². The molecule has 176 valence electrons. The van der Waals surface area contributed by atoms with Gasteiger partial charge < -0.3 is 10.2 Å². The quantitative estimate of drug-likeness (QED) is 0.645. The van der Waals surface area contributed by atoms with Gasteiger partial charge in [0.2, 0.25) is 5.91 Å². The second-order valence-corrected chi connectivity index (χ2v) is 10.6. The molecule has 0 radical (unpaired) electrons. The highest BCUT2D eigenvalue weighted by Crippen LogP contribution is 2.28. The van der Waals surface area contributed by atoms with Gasteiger partial charge in [0.1, 0.15) is 5.82 Å². The number of nitrogens with zero attached hydrogens (tertiary/aromatic N) is 1. The zero-order chi connectivity index (χ0) is 23.6. The smallest absolute Gasteiger partial charge is 0.261 e. The van der Waals surface area contributed by atoms with E-state index in [9.17, 15) is 22.4 Å². The summed E-state index contributed by atoms with van der Waals surface area (Å²) in [4.78, 5) is 27.4. The summed E-state index contributed by atoms with van der Waals surface area (Å²) in [6.45, 7) is 3.29. The fourth-order valence-corrected chi connectivity index (χ4v) is 5.07. The van der Waals surface area contributed by atoms with E-state index in [-0.39, 0.29) is 33.9 Å². The topological polar surface area (TPSA) is 95.6 Å². The third-order valence-corrected chi connectivity index (χ3v) is 7.57. The number of hydrogen-bond donors (Lipinski definition) is 2. The van der Waals surface area contributed by atoms with Crippen LogP contribution in [0.15, 0.2) is 47.4 Å². The van der Waals surface area contributed by atoms with E-state index in [1.165, 1.54) is 24.3 Å². The molecule has 1 unspecified atom stereocenters. The molecule has 1 heterocycles. The van der Waals surface area contributed by atoms with Gasteiger partial charge in [0, 0.05) is 30.9 Å². The van der Waals surface area contributed by atoms with Crippen LogP contribution in [0.3, 0.4) is 0 Å². The van der Waals surface area contributed by atoms with Crippen molar-refractivity contribution in [1.82, 2.24) is 10.2 Å². The highest BCUT2D eigenvalue weighted by molar-refractivity contribution is 7.92. The number of benzene rings is 2. The maximum atomic E-state index is 13.3. The fraction of sp³-hybridized carbons (Fsp3) is 0.417. The van der Waals surface area contributed by atoms with Crippen molar-refractivity contribution in [2.45, 2.75) is 37.5 Å². The van der Waals surface area contributed by atoms with Crippen LogP contribution in [0.1, 0.15) is 41.6 Å². The molecule has 2 N–H and O–H groups in total. The summed E-state index contributed by atoms with van der Waals surface area (Å²) in [5.74, 6) is -0.441. The molecule has 1 aliphatic carbocycles. The van der Waals surface area contributed by atoms with Crippen LogP contribution in [0.25, 0.3) is 0 Å².